The predicted octanol–water partition coefficient (Wildman–Crippen LogP) is 2.31. The summed E-state index contributed by atoms with van der Waals surface area (Å²) in [5.41, 5.74) is 0. The average Bonchev–Trinajstić information content (AvgIpc) is 1.55. The van der Waals surface area contributed by atoms with Crippen LogP contribution in [0.4, 0.5) is 0 Å². The van der Waals surface area contributed by atoms with Gasteiger partial charge in [0.15, 0.2) is 0 Å². The third-order valence-corrected chi connectivity index (χ3v) is 2.62. The highest BCUT2D eigenvalue weighted by molar-refractivity contribution is 8.32. The van der Waals surface area contributed by atoms with Crippen LogP contribution < -0.4 is 0 Å². The first-order chi connectivity index (χ1) is 4.71. The molecular weight excluding hydrogens is 176 g/mol. The maximum atomic E-state index is 5.64. The van der Waals surface area contributed by atoms with Crippen molar-refractivity contribution in [3.8, 4) is 0 Å². The highest BCUT2D eigenvalue weighted by atomic mass is 32.3. The second-order valence-corrected chi connectivity index (χ2v) is 13.5. The third-order valence-electron chi connectivity index (χ3n) is 0.874. The molecule has 0 spiro atoms. The molecule has 0 aliphatic heterocycles. The molecule has 0 aromatic carbocycles. The van der Waals surface area contributed by atoms with Crippen LogP contribution in [-0.4, -0.2) is 49.4 Å². The van der Waals surface area contributed by atoms with Crippen LogP contribution in [0, 0.1) is 0 Å². The van der Waals surface area contributed by atoms with Crippen LogP contribution in [0.5, 0.6) is 0 Å². The maximum absolute atomic E-state index is 5.64. The number of ether oxygens (including phenoxy) is 1. The normalized spacial score (nSPS) is 16.5. The maximum Gasteiger partial charge on any atom is 0.0774 e. The number of hydrogen-bond acceptors (Lipinski definition) is 1. The van der Waals surface area contributed by atoms with E-state index >= 15 is 0 Å². The fourth-order valence-electron chi connectivity index (χ4n) is 0.534. The van der Waals surface area contributed by atoms with Gasteiger partial charge in [0.2, 0.25) is 0 Å². The first kappa shape index (κ1) is 11.7. The molecule has 0 aliphatic rings. The van der Waals surface area contributed by atoms with Crippen LogP contribution in [0.1, 0.15) is 0 Å². The van der Waals surface area contributed by atoms with E-state index in [1.54, 1.807) is 0 Å². The number of hydrogen-bond donors (Lipinski definition) is 0. The van der Waals surface area contributed by atoms with Crippen LogP contribution in [-0.2, 0) is 4.74 Å². The summed E-state index contributed by atoms with van der Waals surface area (Å²) in [6.07, 6.45) is 13.7. The van der Waals surface area contributed by atoms with Gasteiger partial charge >= 0.3 is 0 Å². The number of rotatable bonds is 4. The zero-order valence-electron chi connectivity index (χ0n) is 8.64. The summed E-state index contributed by atoms with van der Waals surface area (Å²) in [5, 5.41) is 0. The van der Waals surface area contributed by atoms with Crippen LogP contribution >= 0.6 is 20.1 Å². The van der Waals surface area contributed by atoms with Gasteiger partial charge in [0.25, 0.3) is 0 Å². The monoisotopic (exact) mass is 198 g/mol. The lowest BCUT2D eigenvalue weighted by Gasteiger charge is -2.30. The summed E-state index contributed by atoms with van der Waals surface area (Å²) < 4.78 is 5.64. The molecule has 0 aromatic rings. The van der Waals surface area contributed by atoms with E-state index in [-0.39, 0.29) is 0 Å². The molecule has 0 radical (unpaired) electrons. The van der Waals surface area contributed by atoms with Crippen molar-refractivity contribution in [2.45, 2.75) is 0 Å². The standard InChI is InChI=1S/C8H22OS2/c1-10(2,3)7-9-8-11(4,5)6/h7-8H2,1-6H3. The van der Waals surface area contributed by atoms with E-state index < -0.39 is 20.1 Å². The van der Waals surface area contributed by atoms with Crippen molar-refractivity contribution in [3.05, 3.63) is 0 Å². The molecule has 0 aromatic heterocycles. The van der Waals surface area contributed by atoms with E-state index in [0.29, 0.717) is 0 Å². The minimum atomic E-state index is -0.455. The SMILES string of the molecule is CS(C)(C)COCS(C)(C)C. The average molecular weight is 198 g/mol. The largest absolute Gasteiger partial charge is 0.363 e. The Hall–Kier alpha value is 0.660. The molecular formula is C8H22OS2. The molecule has 0 saturated carbocycles. The lowest BCUT2D eigenvalue weighted by molar-refractivity contribution is 0.236. The van der Waals surface area contributed by atoms with E-state index in [1.807, 2.05) is 0 Å². The first-order valence-electron chi connectivity index (χ1n) is 3.60. The van der Waals surface area contributed by atoms with E-state index in [4.69, 9.17) is 4.74 Å². The van der Waals surface area contributed by atoms with Gasteiger partial charge in [-0.05, 0) is 37.5 Å². The Morgan fingerprint density at radius 2 is 1.00 bits per heavy atom. The topological polar surface area (TPSA) is 9.23 Å². The molecule has 0 heterocycles. The van der Waals surface area contributed by atoms with E-state index in [2.05, 4.69) is 37.5 Å². The summed E-state index contributed by atoms with van der Waals surface area (Å²) in [5.74, 6) is 1.91. The molecule has 0 bridgehead atoms. The molecule has 0 atom stereocenters. The van der Waals surface area contributed by atoms with Gasteiger partial charge in [0, 0.05) is 0 Å². The van der Waals surface area contributed by atoms with E-state index in [1.165, 1.54) is 0 Å². The third kappa shape index (κ3) is 10.7. The minimum Gasteiger partial charge on any atom is -0.363 e. The van der Waals surface area contributed by atoms with Gasteiger partial charge in [-0.1, -0.05) is 0 Å². The van der Waals surface area contributed by atoms with Gasteiger partial charge in [-0.15, -0.1) is 0 Å². The molecule has 3 heteroatoms. The van der Waals surface area contributed by atoms with Gasteiger partial charge in [0.1, 0.15) is 0 Å². The van der Waals surface area contributed by atoms with Crippen molar-refractivity contribution in [2.24, 2.45) is 0 Å². The molecule has 1 nitrogen and oxygen atoms in total. The van der Waals surface area contributed by atoms with Crippen LogP contribution in [0.3, 0.4) is 0 Å². The zero-order chi connectivity index (χ0) is 9.12. The second-order valence-electron chi connectivity index (χ2n) is 4.62. The fraction of sp³-hybridized carbons (Fsp3) is 1.00. The minimum absolute atomic E-state index is 0.455. The lowest BCUT2D eigenvalue weighted by Crippen LogP contribution is -2.08. The summed E-state index contributed by atoms with van der Waals surface area (Å²) in [7, 11) is -0.911. The molecule has 0 amide bonds. The van der Waals surface area contributed by atoms with Crippen LogP contribution in [0.2, 0.25) is 0 Å². The molecule has 0 saturated heterocycles. The Kier molecular flexibility index (Phi) is 4.30. The smallest absolute Gasteiger partial charge is 0.0774 e. The van der Waals surface area contributed by atoms with Crippen molar-refractivity contribution < 1.29 is 4.74 Å². The zero-order valence-corrected chi connectivity index (χ0v) is 10.3. The van der Waals surface area contributed by atoms with Gasteiger partial charge in [0.05, 0.1) is 11.9 Å². The quantitative estimate of drug-likeness (QED) is 0.673. The second kappa shape index (κ2) is 4.06. The van der Waals surface area contributed by atoms with Crippen molar-refractivity contribution in [3.63, 3.8) is 0 Å². The molecule has 0 N–H and O–H groups in total. The highest BCUT2D eigenvalue weighted by Gasteiger charge is 2.07. The summed E-state index contributed by atoms with van der Waals surface area (Å²) in [6, 6.07) is 0. The molecule has 0 unspecified atom stereocenters. The summed E-state index contributed by atoms with van der Waals surface area (Å²) in [6.45, 7) is 0. The first-order valence-corrected chi connectivity index (χ1v) is 9.66. The molecule has 11 heavy (non-hydrogen) atoms. The van der Waals surface area contributed by atoms with Gasteiger partial charge in [-0.3, -0.25) is 0 Å². The summed E-state index contributed by atoms with van der Waals surface area (Å²) in [4.78, 5) is 0. The Balaban J connectivity index is 3.44. The fourth-order valence-corrected chi connectivity index (χ4v) is 1.81. The van der Waals surface area contributed by atoms with E-state index in [9.17, 15) is 0 Å². The van der Waals surface area contributed by atoms with Crippen molar-refractivity contribution in [1.29, 1.82) is 0 Å². The Bertz CT molecular complexity index is 96.2. The Morgan fingerprint density at radius 1 is 0.727 bits per heavy atom. The van der Waals surface area contributed by atoms with Crippen molar-refractivity contribution >= 4 is 20.1 Å². The highest BCUT2D eigenvalue weighted by Crippen LogP contribution is 2.38. The molecule has 72 valence electrons. The Morgan fingerprint density at radius 3 is 1.18 bits per heavy atom. The van der Waals surface area contributed by atoms with Crippen LogP contribution in [0.15, 0.2) is 0 Å². The van der Waals surface area contributed by atoms with Gasteiger partial charge in [-0.25, -0.2) is 20.1 Å². The molecule has 0 rings (SSSR count). The molecule has 0 fully saturated rings. The van der Waals surface area contributed by atoms with Crippen LogP contribution in [0.25, 0.3) is 0 Å². The van der Waals surface area contributed by atoms with E-state index in [0.717, 1.165) is 11.9 Å². The lowest BCUT2D eigenvalue weighted by atomic mass is 11.5. The van der Waals surface area contributed by atoms with Crippen molar-refractivity contribution in [2.75, 3.05) is 49.4 Å². The molecule has 0 aliphatic carbocycles. The predicted molar refractivity (Wildman–Crippen MR) is 61.5 cm³/mol. The Labute approximate surface area is 74.5 Å². The summed E-state index contributed by atoms with van der Waals surface area (Å²) >= 11 is 0. The van der Waals surface area contributed by atoms with Gasteiger partial charge in [-0.2, -0.15) is 0 Å². The van der Waals surface area contributed by atoms with Crippen molar-refractivity contribution in [1.82, 2.24) is 0 Å². The van der Waals surface area contributed by atoms with Gasteiger partial charge < -0.3 is 4.74 Å².